The van der Waals surface area contributed by atoms with E-state index >= 15 is 0 Å². The van der Waals surface area contributed by atoms with Gasteiger partial charge >= 0.3 is 0 Å². The second-order valence-corrected chi connectivity index (χ2v) is 2.57. The molecule has 0 aliphatic rings. The van der Waals surface area contributed by atoms with Crippen LogP contribution in [0.2, 0.25) is 0 Å². The Bertz CT molecular complexity index is 105. The molecule has 1 N–H and O–H groups in total. The minimum absolute atomic E-state index is 0.330. The molecule has 0 heterocycles. The molecule has 0 aliphatic heterocycles. The van der Waals surface area contributed by atoms with Gasteiger partial charge < -0.3 is 5.11 Å². The predicted octanol–water partition coefficient (Wildman–Crippen LogP) is 2.67. The summed E-state index contributed by atoms with van der Waals surface area (Å²) >= 11 is 0. The highest BCUT2D eigenvalue weighted by Crippen LogP contribution is 2.00. The molecule has 0 aromatic heterocycles. The molecule has 0 radical (unpaired) electrons. The summed E-state index contributed by atoms with van der Waals surface area (Å²) in [7, 11) is 0. The molecule has 64 valence electrons. The third-order valence-electron chi connectivity index (χ3n) is 1.50. The second kappa shape index (κ2) is 9.44. The fourth-order valence-electron chi connectivity index (χ4n) is 0.861. The number of aliphatic hydroxyl groups excluding tert-OH is 1. The van der Waals surface area contributed by atoms with Crippen LogP contribution in [0.4, 0.5) is 0 Å². The highest BCUT2D eigenvalue weighted by Gasteiger charge is 1.83. The first-order chi connectivity index (χ1) is 5.41. The van der Waals surface area contributed by atoms with Crippen LogP contribution in [0.1, 0.15) is 32.1 Å². The zero-order valence-corrected chi connectivity index (χ0v) is 7.13. The van der Waals surface area contributed by atoms with E-state index in [0.29, 0.717) is 6.61 Å². The minimum Gasteiger partial charge on any atom is -0.396 e. The zero-order chi connectivity index (χ0) is 8.36. The van der Waals surface area contributed by atoms with Crippen LogP contribution in [-0.2, 0) is 0 Å². The van der Waals surface area contributed by atoms with E-state index in [1.165, 1.54) is 6.42 Å². The molecule has 0 unspecified atom stereocenters. The number of allylic oxidation sites excluding steroid dienone is 3. The maximum Gasteiger partial charge on any atom is 0.0431 e. The molecule has 1 heteroatoms. The maximum atomic E-state index is 8.48. The van der Waals surface area contributed by atoms with E-state index in [4.69, 9.17) is 5.11 Å². The van der Waals surface area contributed by atoms with Gasteiger partial charge in [0.15, 0.2) is 0 Å². The molecule has 0 saturated carbocycles. The Hall–Kier alpha value is -0.560. The first-order valence-corrected chi connectivity index (χ1v) is 4.28. The highest BCUT2D eigenvalue weighted by atomic mass is 16.2. The van der Waals surface area contributed by atoms with Gasteiger partial charge in [0.25, 0.3) is 0 Å². The summed E-state index contributed by atoms with van der Waals surface area (Å²) < 4.78 is 0. The van der Waals surface area contributed by atoms with Gasteiger partial charge in [0.2, 0.25) is 0 Å². The van der Waals surface area contributed by atoms with E-state index in [0.717, 1.165) is 25.7 Å². The molecule has 0 fully saturated rings. The van der Waals surface area contributed by atoms with Crippen molar-refractivity contribution in [3.05, 3.63) is 24.8 Å². The van der Waals surface area contributed by atoms with Crippen LogP contribution >= 0.6 is 0 Å². The van der Waals surface area contributed by atoms with Crippen molar-refractivity contribution in [2.75, 3.05) is 6.61 Å². The number of hydrogen-bond acceptors (Lipinski definition) is 1. The van der Waals surface area contributed by atoms with E-state index in [9.17, 15) is 0 Å². The van der Waals surface area contributed by atoms with Crippen LogP contribution in [-0.4, -0.2) is 11.7 Å². The van der Waals surface area contributed by atoms with Crippen molar-refractivity contribution in [3.8, 4) is 0 Å². The molecule has 11 heavy (non-hydrogen) atoms. The van der Waals surface area contributed by atoms with Crippen LogP contribution in [0, 0.1) is 0 Å². The average molecular weight is 154 g/mol. The third kappa shape index (κ3) is 9.44. The number of aliphatic hydroxyl groups is 1. The van der Waals surface area contributed by atoms with Gasteiger partial charge in [-0.3, -0.25) is 0 Å². The van der Waals surface area contributed by atoms with Crippen LogP contribution in [0.3, 0.4) is 0 Å². The molecule has 0 atom stereocenters. The van der Waals surface area contributed by atoms with E-state index in [1.54, 1.807) is 0 Å². The topological polar surface area (TPSA) is 20.2 Å². The zero-order valence-electron chi connectivity index (χ0n) is 7.13. The lowest BCUT2D eigenvalue weighted by Gasteiger charge is -1.92. The van der Waals surface area contributed by atoms with Gasteiger partial charge in [-0.25, -0.2) is 0 Å². The van der Waals surface area contributed by atoms with Gasteiger partial charge in [-0.05, 0) is 25.7 Å². The molecule has 1 nitrogen and oxygen atoms in total. The van der Waals surface area contributed by atoms with Crippen molar-refractivity contribution in [1.82, 2.24) is 0 Å². The van der Waals surface area contributed by atoms with Gasteiger partial charge in [-0.15, -0.1) is 6.58 Å². The molecule has 0 amide bonds. The molecule has 0 aliphatic carbocycles. The average Bonchev–Trinajstić information content (AvgIpc) is 2.03. The van der Waals surface area contributed by atoms with Crippen molar-refractivity contribution >= 4 is 0 Å². The lowest BCUT2D eigenvalue weighted by atomic mass is 10.2. The monoisotopic (exact) mass is 154 g/mol. The molecule has 0 aromatic rings. The largest absolute Gasteiger partial charge is 0.396 e. The van der Waals surface area contributed by atoms with Gasteiger partial charge in [0.05, 0.1) is 0 Å². The Labute approximate surface area is 69.4 Å². The van der Waals surface area contributed by atoms with Crippen molar-refractivity contribution < 1.29 is 5.11 Å². The predicted molar refractivity (Wildman–Crippen MR) is 49.5 cm³/mol. The lowest BCUT2D eigenvalue weighted by Crippen LogP contribution is -1.81. The SMILES string of the molecule is C=CC/C=C/CCCCCO. The summed E-state index contributed by atoms with van der Waals surface area (Å²) in [6, 6.07) is 0. The summed E-state index contributed by atoms with van der Waals surface area (Å²) in [5, 5.41) is 8.48. The van der Waals surface area contributed by atoms with Crippen molar-refractivity contribution in [2.45, 2.75) is 32.1 Å². The van der Waals surface area contributed by atoms with Crippen molar-refractivity contribution in [3.63, 3.8) is 0 Å². The molecule has 0 rings (SSSR count). The van der Waals surface area contributed by atoms with Gasteiger partial charge in [0, 0.05) is 6.61 Å². The standard InChI is InChI=1S/C10H18O/c1-2-3-4-5-6-7-8-9-10-11/h2,4-5,11H,1,3,6-10H2/b5-4+. The van der Waals surface area contributed by atoms with E-state index in [1.807, 2.05) is 6.08 Å². The summed E-state index contributed by atoms with van der Waals surface area (Å²) in [5.74, 6) is 0. The van der Waals surface area contributed by atoms with Gasteiger partial charge in [-0.1, -0.05) is 24.6 Å². The lowest BCUT2D eigenvalue weighted by molar-refractivity contribution is 0.283. The quantitative estimate of drug-likeness (QED) is 0.441. The van der Waals surface area contributed by atoms with Gasteiger partial charge in [0.1, 0.15) is 0 Å². The Morgan fingerprint density at radius 1 is 1.09 bits per heavy atom. The maximum absolute atomic E-state index is 8.48. The van der Waals surface area contributed by atoms with Crippen molar-refractivity contribution in [1.29, 1.82) is 0 Å². The molecular weight excluding hydrogens is 136 g/mol. The summed E-state index contributed by atoms with van der Waals surface area (Å²) in [5.41, 5.74) is 0. The van der Waals surface area contributed by atoms with Crippen LogP contribution in [0.25, 0.3) is 0 Å². The number of rotatable bonds is 7. The molecular formula is C10H18O. The first kappa shape index (κ1) is 10.4. The number of unbranched alkanes of at least 4 members (excludes halogenated alkanes) is 3. The van der Waals surface area contributed by atoms with E-state index < -0.39 is 0 Å². The fraction of sp³-hybridized carbons (Fsp3) is 0.600. The van der Waals surface area contributed by atoms with E-state index in [2.05, 4.69) is 18.7 Å². The summed E-state index contributed by atoms with van der Waals surface area (Å²) in [6.07, 6.45) is 11.6. The Kier molecular flexibility index (Phi) is 8.96. The van der Waals surface area contributed by atoms with E-state index in [-0.39, 0.29) is 0 Å². The normalized spacial score (nSPS) is 10.6. The van der Waals surface area contributed by atoms with Gasteiger partial charge in [-0.2, -0.15) is 0 Å². The van der Waals surface area contributed by atoms with Crippen molar-refractivity contribution in [2.24, 2.45) is 0 Å². The fourth-order valence-corrected chi connectivity index (χ4v) is 0.861. The minimum atomic E-state index is 0.330. The molecule has 0 saturated heterocycles. The Morgan fingerprint density at radius 3 is 2.55 bits per heavy atom. The second-order valence-electron chi connectivity index (χ2n) is 2.57. The Balaban J connectivity index is 2.94. The first-order valence-electron chi connectivity index (χ1n) is 4.28. The third-order valence-corrected chi connectivity index (χ3v) is 1.50. The van der Waals surface area contributed by atoms with Crippen LogP contribution in [0.5, 0.6) is 0 Å². The number of hydrogen-bond donors (Lipinski definition) is 1. The summed E-state index contributed by atoms with van der Waals surface area (Å²) in [4.78, 5) is 0. The highest BCUT2D eigenvalue weighted by molar-refractivity contribution is 4.87. The van der Waals surface area contributed by atoms with Crippen LogP contribution in [0.15, 0.2) is 24.8 Å². The van der Waals surface area contributed by atoms with Crippen LogP contribution < -0.4 is 0 Å². The summed E-state index contributed by atoms with van der Waals surface area (Å²) in [6.45, 7) is 3.95. The molecule has 0 bridgehead atoms. The Morgan fingerprint density at radius 2 is 1.91 bits per heavy atom. The smallest absolute Gasteiger partial charge is 0.0431 e. The molecule has 0 aromatic carbocycles. The molecule has 0 spiro atoms.